The van der Waals surface area contributed by atoms with Crippen molar-refractivity contribution in [2.75, 3.05) is 6.61 Å². The highest BCUT2D eigenvalue weighted by molar-refractivity contribution is 5.87. The van der Waals surface area contributed by atoms with E-state index >= 15 is 0 Å². The molecule has 0 bridgehead atoms. The normalized spacial score (nSPS) is 11.5. The van der Waals surface area contributed by atoms with Gasteiger partial charge in [-0.1, -0.05) is 50.6 Å². The third-order valence-corrected chi connectivity index (χ3v) is 3.45. The molecule has 1 heterocycles. The standard InChI is InChI=1S/C18H24N2O2/c1-6-22-17(21)15-11-16(18(3,4)5)19-20(15)12-14-9-7-8-13(2)10-14/h7-11H,6,12H2,1-5H3. The summed E-state index contributed by atoms with van der Waals surface area (Å²) in [6.07, 6.45) is 0. The molecule has 1 aromatic heterocycles. The van der Waals surface area contributed by atoms with E-state index in [9.17, 15) is 4.79 Å². The molecule has 0 radical (unpaired) electrons. The number of benzene rings is 1. The van der Waals surface area contributed by atoms with Gasteiger partial charge in [-0.25, -0.2) is 4.79 Å². The number of carbonyl (C=O) groups is 1. The minimum absolute atomic E-state index is 0.112. The fourth-order valence-corrected chi connectivity index (χ4v) is 2.26. The second-order valence-electron chi connectivity index (χ2n) is 6.53. The first-order valence-electron chi connectivity index (χ1n) is 7.62. The average molecular weight is 300 g/mol. The number of rotatable bonds is 4. The van der Waals surface area contributed by atoms with Crippen LogP contribution in [-0.4, -0.2) is 22.4 Å². The number of carbonyl (C=O) groups excluding carboxylic acids is 1. The summed E-state index contributed by atoms with van der Waals surface area (Å²) >= 11 is 0. The first-order valence-corrected chi connectivity index (χ1v) is 7.62. The number of hydrogen-bond donors (Lipinski definition) is 0. The van der Waals surface area contributed by atoms with E-state index in [1.807, 2.05) is 25.1 Å². The van der Waals surface area contributed by atoms with Crippen LogP contribution in [-0.2, 0) is 16.7 Å². The highest BCUT2D eigenvalue weighted by atomic mass is 16.5. The van der Waals surface area contributed by atoms with E-state index in [0.29, 0.717) is 18.8 Å². The SMILES string of the molecule is CCOC(=O)c1cc(C(C)(C)C)nn1Cc1cccc(C)c1. The van der Waals surface area contributed by atoms with Crippen LogP contribution < -0.4 is 0 Å². The molecule has 0 aliphatic carbocycles. The van der Waals surface area contributed by atoms with Gasteiger partial charge in [0.1, 0.15) is 5.69 Å². The van der Waals surface area contributed by atoms with Gasteiger partial charge in [0, 0.05) is 5.41 Å². The molecular formula is C18H24N2O2. The summed E-state index contributed by atoms with van der Waals surface area (Å²) in [6.45, 7) is 11.0. The molecule has 0 N–H and O–H groups in total. The van der Waals surface area contributed by atoms with Crippen LogP contribution in [0.3, 0.4) is 0 Å². The van der Waals surface area contributed by atoms with E-state index in [0.717, 1.165) is 11.3 Å². The summed E-state index contributed by atoms with van der Waals surface area (Å²) < 4.78 is 6.90. The van der Waals surface area contributed by atoms with Crippen molar-refractivity contribution in [2.24, 2.45) is 0 Å². The summed E-state index contributed by atoms with van der Waals surface area (Å²) in [5.41, 5.74) is 3.60. The summed E-state index contributed by atoms with van der Waals surface area (Å²) in [5.74, 6) is -0.321. The van der Waals surface area contributed by atoms with Crippen LogP contribution in [0.2, 0.25) is 0 Å². The first-order chi connectivity index (χ1) is 10.3. The molecule has 2 rings (SSSR count). The van der Waals surface area contributed by atoms with Gasteiger partial charge in [0.2, 0.25) is 0 Å². The fraction of sp³-hybridized carbons (Fsp3) is 0.444. The van der Waals surface area contributed by atoms with Crippen molar-refractivity contribution in [1.29, 1.82) is 0 Å². The summed E-state index contributed by atoms with van der Waals surface area (Å²) in [5, 5.41) is 4.63. The van der Waals surface area contributed by atoms with Crippen LogP contribution in [0.5, 0.6) is 0 Å². The lowest BCUT2D eigenvalue weighted by Gasteiger charge is -2.14. The van der Waals surface area contributed by atoms with Crippen molar-refractivity contribution < 1.29 is 9.53 Å². The van der Waals surface area contributed by atoms with Gasteiger partial charge in [0.05, 0.1) is 18.8 Å². The Balaban J connectivity index is 2.39. The van der Waals surface area contributed by atoms with Gasteiger partial charge >= 0.3 is 5.97 Å². The molecule has 0 saturated carbocycles. The molecule has 0 atom stereocenters. The van der Waals surface area contributed by atoms with Gasteiger partial charge in [-0.15, -0.1) is 0 Å². The van der Waals surface area contributed by atoms with E-state index in [1.165, 1.54) is 5.56 Å². The number of nitrogens with zero attached hydrogens (tertiary/aromatic N) is 2. The third-order valence-electron chi connectivity index (χ3n) is 3.45. The lowest BCUT2D eigenvalue weighted by atomic mass is 9.92. The zero-order valence-electron chi connectivity index (χ0n) is 14.0. The smallest absolute Gasteiger partial charge is 0.356 e. The highest BCUT2D eigenvalue weighted by Crippen LogP contribution is 2.23. The van der Waals surface area contributed by atoms with E-state index in [-0.39, 0.29) is 11.4 Å². The third kappa shape index (κ3) is 3.75. The molecule has 0 aliphatic rings. The molecule has 118 valence electrons. The number of hydrogen-bond acceptors (Lipinski definition) is 3. The lowest BCUT2D eigenvalue weighted by molar-refractivity contribution is 0.0512. The Kier molecular flexibility index (Phi) is 4.69. The van der Waals surface area contributed by atoms with Crippen LogP contribution in [0.1, 0.15) is 55.0 Å². The molecule has 4 heteroatoms. The van der Waals surface area contributed by atoms with Crippen LogP contribution in [0.15, 0.2) is 30.3 Å². The summed E-state index contributed by atoms with van der Waals surface area (Å²) in [4.78, 5) is 12.2. The van der Waals surface area contributed by atoms with Gasteiger partial charge in [-0.3, -0.25) is 4.68 Å². The van der Waals surface area contributed by atoms with Crippen LogP contribution in [0, 0.1) is 6.92 Å². The van der Waals surface area contributed by atoms with E-state index in [4.69, 9.17) is 4.74 Å². The van der Waals surface area contributed by atoms with Gasteiger partial charge in [0.25, 0.3) is 0 Å². The molecule has 0 aliphatic heterocycles. The lowest BCUT2D eigenvalue weighted by Crippen LogP contribution is -2.15. The number of ether oxygens (including phenoxy) is 1. The average Bonchev–Trinajstić information content (AvgIpc) is 2.83. The summed E-state index contributed by atoms with van der Waals surface area (Å²) in [7, 11) is 0. The Morgan fingerprint density at radius 3 is 2.59 bits per heavy atom. The minimum Gasteiger partial charge on any atom is -0.461 e. The maximum Gasteiger partial charge on any atom is 0.356 e. The zero-order chi connectivity index (χ0) is 16.3. The second kappa shape index (κ2) is 6.34. The first kappa shape index (κ1) is 16.3. The highest BCUT2D eigenvalue weighted by Gasteiger charge is 2.23. The number of aryl methyl sites for hydroxylation is 1. The Morgan fingerprint density at radius 1 is 1.27 bits per heavy atom. The quantitative estimate of drug-likeness (QED) is 0.808. The second-order valence-corrected chi connectivity index (χ2v) is 6.53. The van der Waals surface area contributed by atoms with Crippen molar-refractivity contribution in [3.8, 4) is 0 Å². The largest absolute Gasteiger partial charge is 0.461 e. The molecular weight excluding hydrogens is 276 g/mol. The maximum atomic E-state index is 12.2. The molecule has 4 nitrogen and oxygen atoms in total. The Morgan fingerprint density at radius 2 is 2.00 bits per heavy atom. The van der Waals surface area contributed by atoms with E-state index in [2.05, 4.69) is 44.9 Å². The zero-order valence-corrected chi connectivity index (χ0v) is 14.0. The number of aromatic nitrogens is 2. The summed E-state index contributed by atoms with van der Waals surface area (Å²) in [6, 6.07) is 10.1. The van der Waals surface area contributed by atoms with Crippen LogP contribution in [0.25, 0.3) is 0 Å². The van der Waals surface area contributed by atoms with Gasteiger partial charge in [-0.05, 0) is 25.5 Å². The molecule has 0 fully saturated rings. The Hall–Kier alpha value is -2.10. The Bertz CT molecular complexity index is 666. The Labute approximate surface area is 132 Å². The topological polar surface area (TPSA) is 44.1 Å². The molecule has 2 aromatic rings. The van der Waals surface area contributed by atoms with Gasteiger partial charge < -0.3 is 4.74 Å². The van der Waals surface area contributed by atoms with E-state index < -0.39 is 0 Å². The van der Waals surface area contributed by atoms with Crippen molar-refractivity contribution in [2.45, 2.75) is 46.6 Å². The predicted molar refractivity (Wildman–Crippen MR) is 87.2 cm³/mol. The van der Waals surface area contributed by atoms with E-state index in [1.54, 1.807) is 4.68 Å². The van der Waals surface area contributed by atoms with Crippen LogP contribution in [0.4, 0.5) is 0 Å². The van der Waals surface area contributed by atoms with Gasteiger partial charge in [0.15, 0.2) is 0 Å². The fourth-order valence-electron chi connectivity index (χ4n) is 2.26. The van der Waals surface area contributed by atoms with Crippen molar-refractivity contribution in [1.82, 2.24) is 9.78 Å². The minimum atomic E-state index is -0.321. The van der Waals surface area contributed by atoms with Gasteiger partial charge in [-0.2, -0.15) is 5.10 Å². The van der Waals surface area contributed by atoms with Crippen molar-refractivity contribution in [3.63, 3.8) is 0 Å². The predicted octanol–water partition coefficient (Wildman–Crippen LogP) is 3.71. The molecule has 0 saturated heterocycles. The van der Waals surface area contributed by atoms with Crippen LogP contribution >= 0.6 is 0 Å². The molecule has 0 amide bonds. The molecule has 0 spiro atoms. The van der Waals surface area contributed by atoms with Crippen molar-refractivity contribution in [3.05, 3.63) is 52.8 Å². The molecule has 1 aromatic carbocycles. The maximum absolute atomic E-state index is 12.2. The molecule has 22 heavy (non-hydrogen) atoms. The monoisotopic (exact) mass is 300 g/mol. The molecule has 0 unspecified atom stereocenters. The van der Waals surface area contributed by atoms with Crippen molar-refractivity contribution >= 4 is 5.97 Å². The number of esters is 1.